The van der Waals surface area contributed by atoms with Crippen LogP contribution in [0.15, 0.2) is 54.6 Å². The SMILES string of the molecule is O=[C]Cc1cccc(Oc2ccccc2)c1. The molecule has 2 rings (SSSR count). The molecule has 0 atom stereocenters. The van der Waals surface area contributed by atoms with Gasteiger partial charge in [-0.3, -0.25) is 4.79 Å². The van der Waals surface area contributed by atoms with Gasteiger partial charge < -0.3 is 4.74 Å². The van der Waals surface area contributed by atoms with Crippen LogP contribution < -0.4 is 4.74 Å². The van der Waals surface area contributed by atoms with Gasteiger partial charge >= 0.3 is 0 Å². The summed E-state index contributed by atoms with van der Waals surface area (Å²) in [5, 5.41) is 0. The maximum absolute atomic E-state index is 10.3. The first-order chi connectivity index (χ1) is 7.88. The summed E-state index contributed by atoms with van der Waals surface area (Å²) in [7, 11) is 0. The van der Waals surface area contributed by atoms with Gasteiger partial charge in [-0.2, -0.15) is 0 Å². The van der Waals surface area contributed by atoms with Crippen LogP contribution in [-0.4, -0.2) is 6.29 Å². The van der Waals surface area contributed by atoms with E-state index in [2.05, 4.69) is 0 Å². The van der Waals surface area contributed by atoms with Gasteiger partial charge in [0.05, 0.1) is 0 Å². The van der Waals surface area contributed by atoms with E-state index in [1.807, 2.05) is 60.9 Å². The van der Waals surface area contributed by atoms with Crippen molar-refractivity contribution in [2.24, 2.45) is 0 Å². The molecule has 0 amide bonds. The summed E-state index contributed by atoms with van der Waals surface area (Å²) in [6.07, 6.45) is 2.17. The van der Waals surface area contributed by atoms with E-state index in [1.54, 1.807) is 0 Å². The van der Waals surface area contributed by atoms with Crippen LogP contribution in [0, 0.1) is 0 Å². The number of benzene rings is 2. The van der Waals surface area contributed by atoms with Crippen molar-refractivity contribution >= 4 is 6.29 Å². The van der Waals surface area contributed by atoms with Crippen molar-refractivity contribution < 1.29 is 9.53 Å². The zero-order chi connectivity index (χ0) is 11.2. The molecule has 79 valence electrons. The van der Waals surface area contributed by atoms with E-state index in [4.69, 9.17) is 4.74 Å². The van der Waals surface area contributed by atoms with Gasteiger partial charge in [0.25, 0.3) is 0 Å². The van der Waals surface area contributed by atoms with Crippen molar-refractivity contribution in [3.63, 3.8) is 0 Å². The lowest BCUT2D eigenvalue weighted by Crippen LogP contribution is -1.88. The molecular formula is C14H11O2. The maximum Gasteiger partial charge on any atom is 0.203 e. The third kappa shape index (κ3) is 2.70. The fraction of sp³-hybridized carbons (Fsp3) is 0.0714. The minimum absolute atomic E-state index is 0.298. The smallest absolute Gasteiger partial charge is 0.203 e. The van der Waals surface area contributed by atoms with Gasteiger partial charge in [0.1, 0.15) is 11.5 Å². The number of para-hydroxylation sites is 1. The molecule has 0 fully saturated rings. The van der Waals surface area contributed by atoms with E-state index < -0.39 is 0 Å². The zero-order valence-electron chi connectivity index (χ0n) is 8.72. The maximum atomic E-state index is 10.3. The number of carbonyl (C=O) groups excluding carboxylic acids is 1. The van der Waals surface area contributed by atoms with Gasteiger partial charge in [-0.05, 0) is 29.8 Å². The van der Waals surface area contributed by atoms with Crippen LogP contribution in [0.2, 0.25) is 0 Å². The number of rotatable bonds is 4. The van der Waals surface area contributed by atoms with Crippen molar-refractivity contribution in [1.29, 1.82) is 0 Å². The standard InChI is InChI=1S/C14H11O2/c15-10-9-12-5-4-8-14(11-12)16-13-6-2-1-3-7-13/h1-8,11H,9H2. The Morgan fingerprint density at radius 1 is 0.938 bits per heavy atom. The Balaban J connectivity index is 2.15. The van der Waals surface area contributed by atoms with Gasteiger partial charge in [0, 0.05) is 6.42 Å². The van der Waals surface area contributed by atoms with Crippen molar-refractivity contribution in [2.75, 3.05) is 0 Å². The third-order valence-corrected chi connectivity index (χ3v) is 2.15. The predicted octanol–water partition coefficient (Wildman–Crippen LogP) is 3.13. The van der Waals surface area contributed by atoms with E-state index >= 15 is 0 Å². The lowest BCUT2D eigenvalue weighted by molar-refractivity contribution is 0.482. The molecule has 0 N–H and O–H groups in total. The Morgan fingerprint density at radius 3 is 2.44 bits per heavy atom. The summed E-state index contributed by atoms with van der Waals surface area (Å²) >= 11 is 0. The van der Waals surface area contributed by atoms with Gasteiger partial charge in [-0.1, -0.05) is 30.3 Å². The molecule has 2 nitrogen and oxygen atoms in total. The van der Waals surface area contributed by atoms with Gasteiger partial charge in [0.2, 0.25) is 6.29 Å². The first-order valence-corrected chi connectivity index (χ1v) is 5.05. The average Bonchev–Trinajstić information content (AvgIpc) is 2.31. The largest absolute Gasteiger partial charge is 0.457 e. The Hall–Kier alpha value is -2.09. The van der Waals surface area contributed by atoms with Crippen LogP contribution in [-0.2, 0) is 11.2 Å². The Kier molecular flexibility index (Phi) is 3.34. The van der Waals surface area contributed by atoms with E-state index in [9.17, 15) is 4.79 Å². The quantitative estimate of drug-likeness (QED) is 0.776. The van der Waals surface area contributed by atoms with E-state index in [-0.39, 0.29) is 0 Å². The average molecular weight is 211 g/mol. The summed E-state index contributed by atoms with van der Waals surface area (Å²) in [6, 6.07) is 17.0. The minimum atomic E-state index is 0.298. The summed E-state index contributed by atoms with van der Waals surface area (Å²) in [5.74, 6) is 1.52. The molecule has 16 heavy (non-hydrogen) atoms. The lowest BCUT2D eigenvalue weighted by Gasteiger charge is -2.06. The monoisotopic (exact) mass is 211 g/mol. The molecule has 0 saturated heterocycles. The van der Waals surface area contributed by atoms with E-state index in [1.165, 1.54) is 0 Å². The van der Waals surface area contributed by atoms with Gasteiger partial charge in [0.15, 0.2) is 0 Å². The van der Waals surface area contributed by atoms with Crippen LogP contribution in [0.1, 0.15) is 5.56 Å². The Bertz CT molecular complexity index is 463. The van der Waals surface area contributed by atoms with Crippen LogP contribution in [0.4, 0.5) is 0 Å². The van der Waals surface area contributed by atoms with Crippen molar-refractivity contribution in [3.05, 3.63) is 60.2 Å². The first-order valence-electron chi connectivity index (χ1n) is 5.05. The molecule has 0 spiro atoms. The van der Waals surface area contributed by atoms with Crippen molar-refractivity contribution in [2.45, 2.75) is 6.42 Å². The fourth-order valence-corrected chi connectivity index (χ4v) is 1.43. The molecule has 0 aliphatic heterocycles. The second kappa shape index (κ2) is 5.12. The molecule has 2 heteroatoms. The molecule has 0 saturated carbocycles. The molecule has 0 aliphatic carbocycles. The number of hydrogen-bond acceptors (Lipinski definition) is 2. The highest BCUT2D eigenvalue weighted by molar-refractivity contribution is 5.56. The Labute approximate surface area is 94.5 Å². The molecule has 0 aliphatic rings. The van der Waals surface area contributed by atoms with E-state index in [0.717, 1.165) is 17.1 Å². The molecule has 0 heterocycles. The van der Waals surface area contributed by atoms with Crippen LogP contribution in [0.5, 0.6) is 11.5 Å². The van der Waals surface area contributed by atoms with Crippen LogP contribution >= 0.6 is 0 Å². The highest BCUT2D eigenvalue weighted by Crippen LogP contribution is 2.21. The second-order valence-electron chi connectivity index (χ2n) is 3.38. The molecule has 0 bridgehead atoms. The highest BCUT2D eigenvalue weighted by atomic mass is 16.5. The summed E-state index contributed by atoms with van der Waals surface area (Å²) in [6.45, 7) is 0. The first kappa shape index (κ1) is 10.4. The molecular weight excluding hydrogens is 200 g/mol. The predicted molar refractivity (Wildman–Crippen MR) is 62.4 cm³/mol. The number of ether oxygens (including phenoxy) is 1. The van der Waals surface area contributed by atoms with Crippen molar-refractivity contribution in [3.8, 4) is 11.5 Å². The zero-order valence-corrected chi connectivity index (χ0v) is 8.72. The van der Waals surface area contributed by atoms with E-state index in [0.29, 0.717) is 6.42 Å². The molecule has 2 aromatic rings. The summed E-state index contributed by atoms with van der Waals surface area (Å²) in [4.78, 5) is 10.3. The highest BCUT2D eigenvalue weighted by Gasteiger charge is 1.98. The third-order valence-electron chi connectivity index (χ3n) is 2.15. The topological polar surface area (TPSA) is 26.3 Å². The molecule has 1 radical (unpaired) electrons. The summed E-state index contributed by atoms with van der Waals surface area (Å²) < 4.78 is 5.64. The van der Waals surface area contributed by atoms with Crippen molar-refractivity contribution in [1.82, 2.24) is 0 Å². The van der Waals surface area contributed by atoms with Gasteiger partial charge in [-0.15, -0.1) is 0 Å². The van der Waals surface area contributed by atoms with Crippen LogP contribution in [0.25, 0.3) is 0 Å². The van der Waals surface area contributed by atoms with Gasteiger partial charge in [-0.25, -0.2) is 0 Å². The molecule has 2 aromatic carbocycles. The Morgan fingerprint density at radius 2 is 1.69 bits per heavy atom. The molecule has 0 aromatic heterocycles. The lowest BCUT2D eigenvalue weighted by atomic mass is 10.1. The second-order valence-corrected chi connectivity index (χ2v) is 3.38. The normalized spacial score (nSPS) is 9.75. The summed E-state index contributed by atoms with van der Waals surface area (Å²) in [5.41, 5.74) is 0.906. The number of hydrogen-bond donors (Lipinski definition) is 0. The molecule has 0 unspecified atom stereocenters. The minimum Gasteiger partial charge on any atom is -0.457 e. The fourth-order valence-electron chi connectivity index (χ4n) is 1.43. The van der Waals surface area contributed by atoms with Crippen LogP contribution in [0.3, 0.4) is 0 Å².